The van der Waals surface area contributed by atoms with E-state index in [0.29, 0.717) is 38.2 Å². The summed E-state index contributed by atoms with van der Waals surface area (Å²) >= 11 is 0. The first-order valence-electron chi connectivity index (χ1n) is 11.1. The lowest BCUT2D eigenvalue weighted by molar-refractivity contribution is 0.0764. The minimum absolute atomic E-state index is 0.135. The van der Waals surface area contributed by atoms with Crippen molar-refractivity contribution in [3.05, 3.63) is 42.2 Å². The van der Waals surface area contributed by atoms with Crippen molar-refractivity contribution in [2.24, 2.45) is 7.05 Å². The normalized spacial score (nSPS) is 19.4. The van der Waals surface area contributed by atoms with Gasteiger partial charge in [-0.15, -0.1) is 0 Å². The summed E-state index contributed by atoms with van der Waals surface area (Å²) < 4.78 is 55.7. The number of aryl methyl sites for hydroxylation is 1. The number of piperidine rings is 1. The number of amides is 1. The van der Waals surface area contributed by atoms with Crippen molar-refractivity contribution >= 4 is 26.0 Å². The molecule has 3 heterocycles. The van der Waals surface area contributed by atoms with Gasteiger partial charge in [0.1, 0.15) is 4.90 Å². The van der Waals surface area contributed by atoms with Gasteiger partial charge in [0, 0.05) is 58.1 Å². The molecule has 1 aromatic heterocycles. The summed E-state index contributed by atoms with van der Waals surface area (Å²) in [4.78, 5) is 15.0. The van der Waals surface area contributed by atoms with E-state index in [0.717, 1.165) is 19.3 Å². The summed E-state index contributed by atoms with van der Waals surface area (Å²) in [5, 5.41) is 3.94. The Bertz CT molecular complexity index is 1200. The second kappa shape index (κ2) is 9.53. The Morgan fingerprint density at radius 1 is 0.758 bits per heavy atom. The minimum atomic E-state index is -3.67. The molecular formula is C21H29N5O5S2. The molecule has 0 aliphatic carbocycles. The van der Waals surface area contributed by atoms with E-state index in [1.165, 1.54) is 50.0 Å². The molecule has 0 bridgehead atoms. The fourth-order valence-electron chi connectivity index (χ4n) is 4.22. The predicted molar refractivity (Wildman–Crippen MR) is 122 cm³/mol. The highest BCUT2D eigenvalue weighted by atomic mass is 32.2. The molecule has 2 fully saturated rings. The van der Waals surface area contributed by atoms with Crippen LogP contribution in [0.2, 0.25) is 0 Å². The Morgan fingerprint density at radius 2 is 1.36 bits per heavy atom. The first-order chi connectivity index (χ1) is 15.7. The molecule has 1 aromatic carbocycles. The van der Waals surface area contributed by atoms with Gasteiger partial charge in [-0.05, 0) is 43.5 Å². The van der Waals surface area contributed by atoms with Crippen LogP contribution in [0.15, 0.2) is 46.5 Å². The van der Waals surface area contributed by atoms with Crippen molar-refractivity contribution in [3.63, 3.8) is 0 Å². The van der Waals surface area contributed by atoms with Crippen molar-refractivity contribution in [2.45, 2.75) is 35.5 Å². The van der Waals surface area contributed by atoms with E-state index >= 15 is 0 Å². The van der Waals surface area contributed by atoms with E-state index in [9.17, 15) is 21.6 Å². The molecular weight excluding hydrogens is 466 g/mol. The number of rotatable bonds is 5. The summed E-state index contributed by atoms with van der Waals surface area (Å²) in [6, 6.07) is 6.03. The Kier molecular flexibility index (Phi) is 6.89. The Balaban J connectivity index is 1.43. The van der Waals surface area contributed by atoms with Gasteiger partial charge in [0.25, 0.3) is 5.91 Å². The molecule has 33 heavy (non-hydrogen) atoms. The number of sulfonamides is 2. The van der Waals surface area contributed by atoms with Crippen LogP contribution in [0, 0.1) is 0 Å². The maximum Gasteiger partial charge on any atom is 0.253 e. The zero-order valence-corrected chi connectivity index (χ0v) is 20.3. The van der Waals surface area contributed by atoms with E-state index in [-0.39, 0.29) is 28.8 Å². The van der Waals surface area contributed by atoms with E-state index in [1.54, 1.807) is 11.9 Å². The fraction of sp³-hybridized carbons (Fsp3) is 0.524. The predicted octanol–water partition coefficient (Wildman–Crippen LogP) is 1.13. The van der Waals surface area contributed by atoms with Gasteiger partial charge in [-0.3, -0.25) is 9.48 Å². The lowest BCUT2D eigenvalue weighted by Crippen LogP contribution is -2.37. The molecule has 2 aromatic rings. The Morgan fingerprint density at radius 3 is 2.00 bits per heavy atom. The number of hydrogen-bond acceptors (Lipinski definition) is 6. The summed E-state index contributed by atoms with van der Waals surface area (Å²) in [7, 11) is -5.57. The third kappa shape index (κ3) is 4.98. The van der Waals surface area contributed by atoms with Crippen LogP contribution >= 0.6 is 0 Å². The number of carbonyl (C=O) groups excluding carboxylic acids is 1. The van der Waals surface area contributed by atoms with Gasteiger partial charge in [0.2, 0.25) is 20.0 Å². The lowest BCUT2D eigenvalue weighted by Gasteiger charge is -2.26. The van der Waals surface area contributed by atoms with E-state index < -0.39 is 20.0 Å². The Labute approximate surface area is 194 Å². The highest BCUT2D eigenvalue weighted by Crippen LogP contribution is 2.22. The van der Waals surface area contributed by atoms with Crippen LogP contribution in [-0.4, -0.2) is 85.3 Å². The molecule has 0 saturated carbocycles. The number of hydrogen-bond donors (Lipinski definition) is 0. The van der Waals surface area contributed by atoms with Crippen LogP contribution in [0.4, 0.5) is 0 Å². The van der Waals surface area contributed by atoms with Gasteiger partial charge < -0.3 is 4.90 Å². The monoisotopic (exact) mass is 495 g/mol. The highest BCUT2D eigenvalue weighted by molar-refractivity contribution is 7.89. The van der Waals surface area contributed by atoms with Gasteiger partial charge in [-0.1, -0.05) is 6.42 Å². The van der Waals surface area contributed by atoms with E-state index in [4.69, 9.17) is 0 Å². The number of benzene rings is 1. The molecule has 0 unspecified atom stereocenters. The highest BCUT2D eigenvalue weighted by Gasteiger charge is 2.30. The molecule has 12 heteroatoms. The van der Waals surface area contributed by atoms with Gasteiger partial charge >= 0.3 is 0 Å². The largest absolute Gasteiger partial charge is 0.337 e. The maximum absolute atomic E-state index is 13.0. The van der Waals surface area contributed by atoms with Crippen LogP contribution < -0.4 is 0 Å². The SMILES string of the molecule is Cn1cc(S(=O)(=O)N2CCCN(C(=O)c3ccc(S(=O)(=O)N4CCCCC4)cc3)CC2)cn1. The van der Waals surface area contributed by atoms with Crippen LogP contribution in [0.25, 0.3) is 0 Å². The molecule has 1 amide bonds. The van der Waals surface area contributed by atoms with E-state index in [1.807, 2.05) is 0 Å². The van der Waals surface area contributed by atoms with Crippen LogP contribution in [0.5, 0.6) is 0 Å². The van der Waals surface area contributed by atoms with Gasteiger partial charge in [0.15, 0.2) is 0 Å². The first kappa shape index (κ1) is 23.9. The average molecular weight is 496 g/mol. The Hall–Kier alpha value is -2.28. The van der Waals surface area contributed by atoms with Gasteiger partial charge in [-0.2, -0.15) is 13.7 Å². The lowest BCUT2D eigenvalue weighted by atomic mass is 10.2. The molecule has 2 aliphatic rings. The van der Waals surface area contributed by atoms with Gasteiger partial charge in [0.05, 0.1) is 11.1 Å². The van der Waals surface area contributed by atoms with Crippen molar-refractivity contribution in [3.8, 4) is 0 Å². The molecule has 0 atom stereocenters. The number of aromatic nitrogens is 2. The standard InChI is InChI=1S/C21H29N5O5S2/c1-23-17-20(16-22-23)33(30,31)26-13-5-10-24(14-15-26)21(27)18-6-8-19(9-7-18)32(28,29)25-11-3-2-4-12-25/h6-9,16-17H,2-5,10-15H2,1H3. The fourth-order valence-corrected chi connectivity index (χ4v) is 7.20. The minimum Gasteiger partial charge on any atom is -0.337 e. The topological polar surface area (TPSA) is 113 Å². The average Bonchev–Trinajstić information content (AvgIpc) is 3.11. The second-order valence-electron chi connectivity index (χ2n) is 8.39. The van der Waals surface area contributed by atoms with Crippen molar-refractivity contribution in [2.75, 3.05) is 39.3 Å². The smallest absolute Gasteiger partial charge is 0.253 e. The quantitative estimate of drug-likeness (QED) is 0.615. The number of nitrogens with zero attached hydrogens (tertiary/aromatic N) is 5. The first-order valence-corrected chi connectivity index (χ1v) is 14.0. The van der Waals surface area contributed by atoms with Crippen LogP contribution in [0.3, 0.4) is 0 Å². The maximum atomic E-state index is 13.0. The van der Waals surface area contributed by atoms with Crippen LogP contribution in [-0.2, 0) is 27.1 Å². The van der Waals surface area contributed by atoms with Crippen molar-refractivity contribution in [1.29, 1.82) is 0 Å². The molecule has 0 spiro atoms. The molecule has 2 saturated heterocycles. The summed E-state index contributed by atoms with van der Waals surface area (Å²) in [5.41, 5.74) is 0.385. The zero-order valence-electron chi connectivity index (χ0n) is 18.6. The molecule has 0 radical (unpaired) electrons. The molecule has 0 N–H and O–H groups in total. The van der Waals surface area contributed by atoms with Gasteiger partial charge in [-0.25, -0.2) is 16.8 Å². The molecule has 2 aliphatic heterocycles. The molecule has 4 rings (SSSR count). The van der Waals surface area contributed by atoms with Crippen LogP contribution in [0.1, 0.15) is 36.0 Å². The summed E-state index contributed by atoms with van der Waals surface area (Å²) in [6.45, 7) is 2.22. The third-order valence-electron chi connectivity index (χ3n) is 6.12. The zero-order chi connectivity index (χ0) is 23.6. The van der Waals surface area contributed by atoms with E-state index in [2.05, 4.69) is 5.10 Å². The van der Waals surface area contributed by atoms with Crippen molar-refractivity contribution < 1.29 is 21.6 Å². The summed E-state index contributed by atoms with van der Waals surface area (Å²) in [5.74, 6) is -0.238. The summed E-state index contributed by atoms with van der Waals surface area (Å²) in [6.07, 6.45) is 6.05. The molecule has 180 valence electrons. The third-order valence-corrected chi connectivity index (χ3v) is 9.88. The molecule has 10 nitrogen and oxygen atoms in total. The second-order valence-corrected chi connectivity index (χ2v) is 12.3. The number of carbonyl (C=O) groups is 1. The van der Waals surface area contributed by atoms with Crippen molar-refractivity contribution in [1.82, 2.24) is 23.3 Å².